The summed E-state index contributed by atoms with van der Waals surface area (Å²) in [6.07, 6.45) is -0.446. The van der Waals surface area contributed by atoms with Crippen LogP contribution in [0, 0.1) is 0 Å². The van der Waals surface area contributed by atoms with Crippen molar-refractivity contribution in [3.8, 4) is 0 Å². The molecule has 4 fully saturated rings. The Morgan fingerprint density at radius 2 is 1.32 bits per heavy atom. The molecular formula is C14H10O8. The third kappa shape index (κ3) is 1.92. The maximum absolute atomic E-state index is 11.9. The zero-order valence-electron chi connectivity index (χ0n) is 11.1. The summed E-state index contributed by atoms with van der Waals surface area (Å²) in [5.41, 5.74) is 0.509. The van der Waals surface area contributed by atoms with Gasteiger partial charge < -0.3 is 28.4 Å². The normalized spacial score (nSPS) is 38.4. The maximum atomic E-state index is 11.9. The van der Waals surface area contributed by atoms with E-state index in [1.54, 1.807) is 18.2 Å². The number of fused-ring (bicyclic) bond motifs is 2. The van der Waals surface area contributed by atoms with E-state index in [-0.39, 0.29) is 36.9 Å². The lowest BCUT2D eigenvalue weighted by atomic mass is 10.1. The summed E-state index contributed by atoms with van der Waals surface area (Å²) in [7, 11) is 0. The Kier molecular flexibility index (Phi) is 2.19. The molecule has 1 aromatic carbocycles. The van der Waals surface area contributed by atoms with Crippen LogP contribution in [0.5, 0.6) is 0 Å². The lowest BCUT2D eigenvalue weighted by Gasteiger charge is -2.07. The highest BCUT2D eigenvalue weighted by Gasteiger charge is 2.79. The first-order valence-electron chi connectivity index (χ1n) is 6.76. The van der Waals surface area contributed by atoms with Crippen LogP contribution >= 0.6 is 0 Å². The van der Waals surface area contributed by atoms with Crippen LogP contribution in [0.15, 0.2) is 24.3 Å². The number of esters is 2. The first-order valence-corrected chi connectivity index (χ1v) is 6.76. The van der Waals surface area contributed by atoms with Crippen molar-refractivity contribution < 1.29 is 38.0 Å². The SMILES string of the molecule is O=C(OCC12OC1O2)c1cccc(C(=O)OCC23OC2O3)c1. The summed E-state index contributed by atoms with van der Waals surface area (Å²) < 4.78 is 30.2. The Bertz CT molecular complexity index is 631. The molecule has 0 bridgehead atoms. The highest BCUT2D eigenvalue weighted by atomic mass is 17.0. The molecule has 0 aromatic heterocycles. The van der Waals surface area contributed by atoms with Gasteiger partial charge in [0.1, 0.15) is 0 Å². The quantitative estimate of drug-likeness (QED) is 0.541. The molecule has 0 spiro atoms. The van der Waals surface area contributed by atoms with Crippen LogP contribution in [0.3, 0.4) is 0 Å². The van der Waals surface area contributed by atoms with Gasteiger partial charge in [-0.3, -0.25) is 0 Å². The molecule has 1 aromatic rings. The van der Waals surface area contributed by atoms with Crippen LogP contribution in [-0.2, 0) is 28.4 Å². The van der Waals surface area contributed by atoms with Crippen LogP contribution in [0.2, 0.25) is 0 Å². The van der Waals surface area contributed by atoms with E-state index in [0.717, 1.165) is 0 Å². The van der Waals surface area contributed by atoms with E-state index in [2.05, 4.69) is 0 Å². The molecule has 4 aliphatic heterocycles. The number of benzene rings is 1. The second kappa shape index (κ2) is 3.85. The Labute approximate surface area is 123 Å². The summed E-state index contributed by atoms with van der Waals surface area (Å²) in [5, 5.41) is 0. The van der Waals surface area contributed by atoms with E-state index in [1.807, 2.05) is 0 Å². The number of ether oxygens (including phenoxy) is 6. The molecule has 0 saturated carbocycles. The standard InChI is InChI=1S/C14H10O8/c15-9(17-5-13-11(19-13)20-13)7-2-1-3-8(4-7)10(16)18-6-14-12(21-14)22-14/h1-4,11-12H,5-6H2. The molecule has 0 amide bonds. The maximum Gasteiger partial charge on any atom is 0.338 e. The van der Waals surface area contributed by atoms with Gasteiger partial charge in [0.05, 0.1) is 11.1 Å². The molecule has 0 N–H and O–H groups in total. The molecule has 8 nitrogen and oxygen atoms in total. The van der Waals surface area contributed by atoms with E-state index in [0.29, 0.717) is 0 Å². The average Bonchev–Trinajstić information content (AvgIpc) is 3.32. The van der Waals surface area contributed by atoms with Crippen LogP contribution < -0.4 is 0 Å². The molecule has 4 aliphatic rings. The molecule has 0 aliphatic carbocycles. The molecule has 114 valence electrons. The molecule has 0 radical (unpaired) electrons. The number of hydrogen-bond acceptors (Lipinski definition) is 8. The van der Waals surface area contributed by atoms with Gasteiger partial charge in [-0.15, -0.1) is 0 Å². The van der Waals surface area contributed by atoms with Crippen molar-refractivity contribution in [2.45, 2.75) is 24.2 Å². The van der Waals surface area contributed by atoms with Gasteiger partial charge in [0.15, 0.2) is 13.2 Å². The predicted molar refractivity (Wildman–Crippen MR) is 64.4 cm³/mol. The molecule has 4 heterocycles. The fourth-order valence-electron chi connectivity index (χ4n) is 2.15. The monoisotopic (exact) mass is 306 g/mol. The third-order valence-electron chi connectivity index (χ3n) is 3.86. The van der Waals surface area contributed by atoms with Crippen molar-refractivity contribution in [3.63, 3.8) is 0 Å². The van der Waals surface area contributed by atoms with Crippen molar-refractivity contribution in [1.82, 2.24) is 0 Å². The van der Waals surface area contributed by atoms with Gasteiger partial charge in [-0.2, -0.15) is 0 Å². The number of carbonyl (C=O) groups is 2. The van der Waals surface area contributed by atoms with Gasteiger partial charge in [-0.1, -0.05) is 6.07 Å². The Hall–Kier alpha value is -2.00. The van der Waals surface area contributed by atoms with Crippen molar-refractivity contribution in [2.24, 2.45) is 0 Å². The molecular weight excluding hydrogens is 296 g/mol. The molecule has 0 unspecified atom stereocenters. The number of epoxide rings is 4. The average molecular weight is 306 g/mol. The van der Waals surface area contributed by atoms with Crippen LogP contribution in [0.4, 0.5) is 0 Å². The second-order valence-electron chi connectivity index (χ2n) is 5.49. The summed E-state index contributed by atoms with van der Waals surface area (Å²) in [6.45, 7) is 0.0908. The van der Waals surface area contributed by atoms with Gasteiger partial charge in [0, 0.05) is 0 Å². The van der Waals surface area contributed by atoms with Crippen LogP contribution in [0.25, 0.3) is 0 Å². The van der Waals surface area contributed by atoms with E-state index in [9.17, 15) is 9.59 Å². The van der Waals surface area contributed by atoms with Gasteiger partial charge in [-0.05, 0) is 18.2 Å². The zero-order valence-corrected chi connectivity index (χ0v) is 11.1. The molecule has 4 saturated heterocycles. The second-order valence-corrected chi connectivity index (χ2v) is 5.49. The van der Waals surface area contributed by atoms with E-state index in [4.69, 9.17) is 28.4 Å². The Morgan fingerprint density at radius 1 is 0.909 bits per heavy atom. The number of rotatable bonds is 6. The molecule has 5 rings (SSSR count). The lowest BCUT2D eigenvalue weighted by molar-refractivity contribution is -0.0768. The van der Waals surface area contributed by atoms with Crippen LogP contribution in [0.1, 0.15) is 20.7 Å². The van der Waals surface area contributed by atoms with Gasteiger partial charge >= 0.3 is 11.9 Å². The highest BCUT2D eigenvalue weighted by Crippen LogP contribution is 2.56. The fourth-order valence-corrected chi connectivity index (χ4v) is 2.15. The smallest absolute Gasteiger partial charge is 0.338 e. The van der Waals surface area contributed by atoms with E-state index < -0.39 is 23.5 Å². The highest BCUT2D eigenvalue weighted by molar-refractivity contribution is 5.95. The first-order chi connectivity index (χ1) is 10.6. The number of carbonyl (C=O) groups excluding carboxylic acids is 2. The fraction of sp³-hybridized carbons (Fsp3) is 0.429. The third-order valence-corrected chi connectivity index (χ3v) is 3.86. The van der Waals surface area contributed by atoms with Crippen molar-refractivity contribution >= 4 is 11.9 Å². The summed E-state index contributed by atoms with van der Waals surface area (Å²) in [6, 6.07) is 6.10. The lowest BCUT2D eigenvalue weighted by Crippen LogP contribution is -2.17. The van der Waals surface area contributed by atoms with E-state index in [1.165, 1.54) is 6.07 Å². The largest absolute Gasteiger partial charge is 0.456 e. The molecule has 0 atom stereocenters. The van der Waals surface area contributed by atoms with Gasteiger partial charge in [0.2, 0.25) is 12.6 Å². The Balaban J connectivity index is 1.21. The first kappa shape index (κ1) is 12.5. The van der Waals surface area contributed by atoms with E-state index >= 15 is 0 Å². The topological polar surface area (TPSA) is 103 Å². The van der Waals surface area contributed by atoms with Gasteiger partial charge in [-0.25, -0.2) is 9.59 Å². The molecule has 22 heavy (non-hydrogen) atoms. The summed E-state index contributed by atoms with van der Waals surface area (Å²) in [4.78, 5) is 23.8. The Morgan fingerprint density at radius 3 is 1.68 bits per heavy atom. The zero-order chi connectivity index (χ0) is 14.9. The van der Waals surface area contributed by atoms with Crippen molar-refractivity contribution in [3.05, 3.63) is 35.4 Å². The predicted octanol–water partition coefficient (Wildman–Crippen LogP) is 0.166. The summed E-state index contributed by atoms with van der Waals surface area (Å²) >= 11 is 0. The number of hydrogen-bond donors (Lipinski definition) is 0. The van der Waals surface area contributed by atoms with Crippen LogP contribution in [-0.4, -0.2) is 49.3 Å². The summed E-state index contributed by atoms with van der Waals surface area (Å²) in [5.74, 6) is -2.50. The minimum absolute atomic E-state index is 0.0454. The molecule has 8 heteroatoms. The van der Waals surface area contributed by atoms with Crippen molar-refractivity contribution in [2.75, 3.05) is 13.2 Å². The minimum Gasteiger partial charge on any atom is -0.456 e. The van der Waals surface area contributed by atoms with Crippen molar-refractivity contribution in [1.29, 1.82) is 0 Å². The minimum atomic E-state index is -0.698. The van der Waals surface area contributed by atoms with Gasteiger partial charge in [0.25, 0.3) is 11.6 Å².